The summed E-state index contributed by atoms with van der Waals surface area (Å²) >= 11 is 0. The molecule has 8 nitrogen and oxygen atoms in total. The molecule has 2 aromatic carbocycles. The Labute approximate surface area is 176 Å². The lowest BCUT2D eigenvalue weighted by Gasteiger charge is -2.21. The highest BCUT2D eigenvalue weighted by Gasteiger charge is 2.24. The first-order chi connectivity index (χ1) is 14.0. The van der Waals surface area contributed by atoms with Gasteiger partial charge in [-0.25, -0.2) is 13.2 Å². The van der Waals surface area contributed by atoms with Gasteiger partial charge in [0, 0.05) is 12.6 Å². The first-order valence-corrected chi connectivity index (χ1v) is 10.6. The largest absolute Gasteiger partial charge is 0.495 e. The van der Waals surface area contributed by atoms with Crippen LogP contribution in [-0.4, -0.2) is 46.6 Å². The van der Waals surface area contributed by atoms with Crippen LogP contribution in [0.15, 0.2) is 53.4 Å². The SMILES string of the molecule is COc1ccccc1N(C)S(=O)(=O)c1ccc(C(=O)OCC(=O)NC(C)(C)C)cc1. The van der Waals surface area contributed by atoms with Gasteiger partial charge in [0.1, 0.15) is 5.75 Å². The molecule has 0 aromatic heterocycles. The number of carbonyl (C=O) groups excluding carboxylic acids is 2. The van der Waals surface area contributed by atoms with Gasteiger partial charge in [-0.3, -0.25) is 9.10 Å². The van der Waals surface area contributed by atoms with Gasteiger partial charge in [0.15, 0.2) is 6.61 Å². The molecular formula is C21H26N2O6S. The molecule has 0 saturated carbocycles. The number of sulfonamides is 1. The summed E-state index contributed by atoms with van der Waals surface area (Å²) in [6.45, 7) is 5.02. The quantitative estimate of drug-likeness (QED) is 0.672. The lowest BCUT2D eigenvalue weighted by atomic mass is 10.1. The summed E-state index contributed by atoms with van der Waals surface area (Å²) in [7, 11) is -0.996. The number of amides is 1. The van der Waals surface area contributed by atoms with Gasteiger partial charge in [-0.15, -0.1) is 0 Å². The zero-order valence-electron chi connectivity index (χ0n) is 17.6. The molecule has 0 heterocycles. The fourth-order valence-corrected chi connectivity index (χ4v) is 3.82. The maximum atomic E-state index is 12.9. The number of nitrogens with zero attached hydrogens (tertiary/aromatic N) is 1. The fourth-order valence-electron chi connectivity index (χ4n) is 2.61. The van der Waals surface area contributed by atoms with Gasteiger partial charge in [-0.1, -0.05) is 12.1 Å². The average Bonchev–Trinajstić information content (AvgIpc) is 2.70. The Morgan fingerprint density at radius 1 is 1.03 bits per heavy atom. The molecule has 0 aliphatic rings. The fraction of sp³-hybridized carbons (Fsp3) is 0.333. The van der Waals surface area contributed by atoms with E-state index < -0.39 is 34.0 Å². The van der Waals surface area contributed by atoms with Crippen molar-refractivity contribution in [3.63, 3.8) is 0 Å². The molecule has 2 rings (SSSR count). The van der Waals surface area contributed by atoms with E-state index in [0.29, 0.717) is 11.4 Å². The van der Waals surface area contributed by atoms with Crippen LogP contribution in [0.5, 0.6) is 5.75 Å². The number of rotatable bonds is 7. The van der Waals surface area contributed by atoms with E-state index in [1.165, 1.54) is 38.4 Å². The van der Waals surface area contributed by atoms with Crippen LogP contribution in [0.25, 0.3) is 0 Å². The minimum Gasteiger partial charge on any atom is -0.495 e. The summed E-state index contributed by atoms with van der Waals surface area (Å²) in [5, 5.41) is 2.68. The van der Waals surface area contributed by atoms with Gasteiger partial charge in [0.05, 0.1) is 23.3 Å². The molecular weight excluding hydrogens is 408 g/mol. The lowest BCUT2D eigenvalue weighted by Crippen LogP contribution is -2.42. The monoisotopic (exact) mass is 434 g/mol. The van der Waals surface area contributed by atoms with Gasteiger partial charge in [0.25, 0.3) is 15.9 Å². The van der Waals surface area contributed by atoms with Crippen molar-refractivity contribution in [2.75, 3.05) is 25.1 Å². The normalized spacial score (nSPS) is 11.5. The van der Waals surface area contributed by atoms with Crippen molar-refractivity contribution in [3.05, 3.63) is 54.1 Å². The van der Waals surface area contributed by atoms with E-state index in [4.69, 9.17) is 9.47 Å². The maximum absolute atomic E-state index is 12.9. The van der Waals surface area contributed by atoms with Gasteiger partial charge in [0.2, 0.25) is 0 Å². The van der Waals surface area contributed by atoms with Crippen molar-refractivity contribution >= 4 is 27.6 Å². The zero-order chi connectivity index (χ0) is 22.5. The van der Waals surface area contributed by atoms with Crippen LogP contribution in [0.3, 0.4) is 0 Å². The van der Waals surface area contributed by atoms with Crippen LogP contribution in [0.4, 0.5) is 5.69 Å². The molecule has 0 atom stereocenters. The Morgan fingerprint density at radius 3 is 2.20 bits per heavy atom. The Balaban J connectivity index is 2.12. The highest BCUT2D eigenvalue weighted by molar-refractivity contribution is 7.92. The first-order valence-electron chi connectivity index (χ1n) is 9.16. The predicted octanol–water partition coefficient (Wildman–Crippen LogP) is 2.59. The number of hydrogen-bond donors (Lipinski definition) is 1. The second kappa shape index (κ2) is 9.17. The Bertz CT molecular complexity index is 1010. The Kier molecular flexibility index (Phi) is 7.09. The van der Waals surface area contributed by atoms with Gasteiger partial charge in [-0.2, -0.15) is 0 Å². The molecule has 0 saturated heterocycles. The molecule has 0 aliphatic heterocycles. The maximum Gasteiger partial charge on any atom is 0.338 e. The van der Waals surface area contributed by atoms with Crippen molar-refractivity contribution in [3.8, 4) is 5.75 Å². The van der Waals surface area contributed by atoms with E-state index in [1.54, 1.807) is 24.3 Å². The van der Waals surface area contributed by atoms with Gasteiger partial charge >= 0.3 is 5.97 Å². The first kappa shape index (κ1) is 23.2. The van der Waals surface area contributed by atoms with E-state index >= 15 is 0 Å². The Morgan fingerprint density at radius 2 is 1.63 bits per heavy atom. The van der Waals surface area contributed by atoms with Gasteiger partial charge < -0.3 is 14.8 Å². The number of nitrogens with one attached hydrogen (secondary N) is 1. The van der Waals surface area contributed by atoms with Crippen molar-refractivity contribution < 1.29 is 27.5 Å². The highest BCUT2D eigenvalue weighted by Crippen LogP contribution is 2.30. The van der Waals surface area contributed by atoms with Crippen LogP contribution < -0.4 is 14.4 Å². The van der Waals surface area contributed by atoms with Crippen LogP contribution >= 0.6 is 0 Å². The van der Waals surface area contributed by atoms with Crippen molar-refractivity contribution in [1.29, 1.82) is 0 Å². The number of benzene rings is 2. The van der Waals surface area contributed by atoms with Crippen LogP contribution in [-0.2, 0) is 19.6 Å². The summed E-state index contributed by atoms with van der Waals surface area (Å²) in [5.41, 5.74) is 0.0817. The molecule has 0 aliphatic carbocycles. The van der Waals surface area contributed by atoms with E-state index in [-0.39, 0.29) is 10.5 Å². The number of anilines is 1. The zero-order valence-corrected chi connectivity index (χ0v) is 18.4. The number of hydrogen-bond acceptors (Lipinski definition) is 6. The van der Waals surface area contributed by atoms with E-state index in [2.05, 4.69) is 5.32 Å². The molecule has 0 radical (unpaired) electrons. The lowest BCUT2D eigenvalue weighted by molar-refractivity contribution is -0.125. The summed E-state index contributed by atoms with van der Waals surface area (Å²) < 4.78 is 37.2. The molecule has 2 aromatic rings. The van der Waals surface area contributed by atoms with Crippen LogP contribution in [0.2, 0.25) is 0 Å². The molecule has 9 heteroatoms. The second-order valence-electron chi connectivity index (χ2n) is 7.54. The van der Waals surface area contributed by atoms with Crippen molar-refractivity contribution in [2.24, 2.45) is 0 Å². The summed E-state index contributed by atoms with van der Waals surface area (Å²) in [6, 6.07) is 12.0. The topological polar surface area (TPSA) is 102 Å². The molecule has 1 amide bonds. The number of carbonyl (C=O) groups is 2. The van der Waals surface area contributed by atoms with E-state index in [0.717, 1.165) is 4.31 Å². The van der Waals surface area contributed by atoms with E-state index in [9.17, 15) is 18.0 Å². The molecule has 1 N–H and O–H groups in total. The molecule has 162 valence electrons. The molecule has 0 unspecified atom stereocenters. The van der Waals surface area contributed by atoms with Crippen LogP contribution in [0, 0.1) is 0 Å². The highest BCUT2D eigenvalue weighted by atomic mass is 32.2. The number of para-hydroxylation sites is 2. The molecule has 0 fully saturated rings. The van der Waals surface area contributed by atoms with Crippen molar-refractivity contribution in [2.45, 2.75) is 31.2 Å². The van der Waals surface area contributed by atoms with Crippen molar-refractivity contribution in [1.82, 2.24) is 5.32 Å². The number of ether oxygens (including phenoxy) is 2. The molecule has 30 heavy (non-hydrogen) atoms. The smallest absolute Gasteiger partial charge is 0.338 e. The third-order valence-corrected chi connectivity index (χ3v) is 5.81. The average molecular weight is 435 g/mol. The standard InChI is InChI=1S/C21H26N2O6S/c1-21(2,3)22-19(24)14-29-20(25)15-10-12-16(13-11-15)30(26,27)23(4)17-8-6-7-9-18(17)28-5/h6-13H,14H2,1-5H3,(H,22,24). The minimum atomic E-state index is -3.88. The summed E-state index contributed by atoms with van der Waals surface area (Å²) in [6.07, 6.45) is 0. The predicted molar refractivity (Wildman–Crippen MR) is 113 cm³/mol. The number of methoxy groups -OCH3 is 1. The van der Waals surface area contributed by atoms with Crippen LogP contribution in [0.1, 0.15) is 31.1 Å². The van der Waals surface area contributed by atoms with E-state index in [1.807, 2.05) is 20.8 Å². The number of esters is 1. The second-order valence-corrected chi connectivity index (χ2v) is 9.51. The third kappa shape index (κ3) is 5.73. The molecule has 0 spiro atoms. The summed E-state index contributed by atoms with van der Waals surface area (Å²) in [5.74, 6) is -0.730. The molecule has 0 bridgehead atoms. The third-order valence-electron chi connectivity index (χ3n) is 4.02. The Hall–Kier alpha value is -3.07. The van der Waals surface area contributed by atoms with Gasteiger partial charge in [-0.05, 0) is 57.2 Å². The summed E-state index contributed by atoms with van der Waals surface area (Å²) in [4.78, 5) is 23.9. The minimum absolute atomic E-state index is 0.00192.